The van der Waals surface area contributed by atoms with E-state index in [1.165, 1.54) is 0 Å². The van der Waals surface area contributed by atoms with Crippen molar-refractivity contribution in [3.8, 4) is 0 Å². The lowest BCUT2D eigenvalue weighted by atomic mass is 10.00. The third kappa shape index (κ3) is 5.41. The van der Waals surface area contributed by atoms with Crippen LogP contribution in [0.15, 0.2) is 48.5 Å². The number of nitrogens with zero attached hydrogens (tertiary/aromatic N) is 2. The zero-order valence-electron chi connectivity index (χ0n) is 17.1. The molecule has 2 aromatic carbocycles. The first-order valence-electron chi connectivity index (χ1n) is 9.84. The van der Waals surface area contributed by atoms with E-state index in [2.05, 4.69) is 29.4 Å². The fourth-order valence-electron chi connectivity index (χ4n) is 3.51. The number of piperazine rings is 1. The quantitative estimate of drug-likeness (QED) is 0.496. The van der Waals surface area contributed by atoms with E-state index in [0.717, 1.165) is 16.9 Å². The highest BCUT2D eigenvalue weighted by molar-refractivity contribution is 6.30. The Kier molecular flexibility index (Phi) is 6.64. The smallest absolute Gasteiger partial charge is 0.321 e. The molecule has 3 rings (SSSR count). The van der Waals surface area contributed by atoms with Crippen molar-refractivity contribution in [3.05, 3.63) is 59.1 Å². The number of halogens is 1. The molecule has 6 nitrogen and oxygen atoms in total. The lowest BCUT2D eigenvalue weighted by Gasteiger charge is -2.44. The van der Waals surface area contributed by atoms with E-state index in [1.807, 2.05) is 36.1 Å². The van der Waals surface area contributed by atoms with E-state index in [9.17, 15) is 4.79 Å². The summed E-state index contributed by atoms with van der Waals surface area (Å²) in [7, 11) is 0. The Morgan fingerprint density at radius 3 is 2.48 bits per heavy atom. The minimum absolute atomic E-state index is 0.0597. The van der Waals surface area contributed by atoms with E-state index in [1.54, 1.807) is 24.3 Å². The van der Waals surface area contributed by atoms with Gasteiger partial charge in [0.05, 0.1) is 6.04 Å². The van der Waals surface area contributed by atoms with Crippen molar-refractivity contribution in [3.63, 3.8) is 0 Å². The topological polar surface area (TPSA) is 71.5 Å². The van der Waals surface area contributed by atoms with Crippen molar-refractivity contribution in [2.75, 3.05) is 30.3 Å². The Hall–Kier alpha value is -2.73. The molecule has 0 aliphatic carbocycles. The number of nitrogens with one attached hydrogen (secondary N) is 3. The highest BCUT2D eigenvalue weighted by atomic mass is 35.5. The molecule has 0 saturated carbocycles. The summed E-state index contributed by atoms with van der Waals surface area (Å²) in [6.07, 6.45) is 0. The van der Waals surface area contributed by atoms with Gasteiger partial charge in [0.15, 0.2) is 5.96 Å². The van der Waals surface area contributed by atoms with Gasteiger partial charge in [-0.25, -0.2) is 4.79 Å². The third-order valence-corrected chi connectivity index (χ3v) is 5.39. The number of hydrogen-bond donors (Lipinski definition) is 3. The van der Waals surface area contributed by atoms with Crippen LogP contribution < -0.4 is 10.6 Å². The van der Waals surface area contributed by atoms with Crippen LogP contribution in [0.5, 0.6) is 0 Å². The standard InChI is InChI=1S/C22H28ClN5O/c1-15(2)20-14-27(22(29)26-18-9-7-17(23)8-10-18)11-12-28(20)21(24)25-19-6-4-5-16(3)13-19/h4-10,13,15,20H,11-12,14H2,1-3H3,(H2,24,25)(H,26,29). The average Bonchev–Trinajstić information content (AvgIpc) is 2.69. The van der Waals surface area contributed by atoms with Crippen LogP contribution in [0.25, 0.3) is 0 Å². The van der Waals surface area contributed by atoms with Crippen LogP contribution in [0.2, 0.25) is 5.02 Å². The molecule has 1 aliphatic rings. The van der Waals surface area contributed by atoms with E-state index in [4.69, 9.17) is 17.0 Å². The lowest BCUT2D eigenvalue weighted by Crippen LogP contribution is -2.60. The summed E-state index contributed by atoms with van der Waals surface area (Å²) in [5.74, 6) is 0.660. The van der Waals surface area contributed by atoms with E-state index in [-0.39, 0.29) is 12.1 Å². The molecule has 1 fully saturated rings. The molecule has 0 bridgehead atoms. The highest BCUT2D eigenvalue weighted by Gasteiger charge is 2.33. The lowest BCUT2D eigenvalue weighted by molar-refractivity contribution is 0.119. The number of carbonyl (C=O) groups is 1. The number of hydrogen-bond acceptors (Lipinski definition) is 2. The van der Waals surface area contributed by atoms with Crippen molar-refractivity contribution in [2.45, 2.75) is 26.8 Å². The van der Waals surface area contributed by atoms with Gasteiger partial charge in [-0.05, 0) is 54.8 Å². The molecule has 0 radical (unpaired) electrons. The van der Waals surface area contributed by atoms with Gasteiger partial charge in [0.25, 0.3) is 0 Å². The van der Waals surface area contributed by atoms with Gasteiger partial charge in [-0.3, -0.25) is 5.41 Å². The van der Waals surface area contributed by atoms with Gasteiger partial charge in [0.1, 0.15) is 0 Å². The van der Waals surface area contributed by atoms with Crippen LogP contribution in [0.4, 0.5) is 16.2 Å². The first-order valence-corrected chi connectivity index (χ1v) is 10.2. The molecule has 1 saturated heterocycles. The van der Waals surface area contributed by atoms with Crippen molar-refractivity contribution < 1.29 is 4.79 Å². The second-order valence-corrected chi connectivity index (χ2v) is 8.17. The molecule has 1 unspecified atom stereocenters. The van der Waals surface area contributed by atoms with Gasteiger partial charge in [-0.1, -0.05) is 37.6 Å². The van der Waals surface area contributed by atoms with E-state index < -0.39 is 0 Å². The van der Waals surface area contributed by atoms with Gasteiger partial charge in [0.2, 0.25) is 0 Å². The third-order valence-electron chi connectivity index (χ3n) is 5.14. The largest absolute Gasteiger partial charge is 0.336 e. The molecule has 3 N–H and O–H groups in total. The average molecular weight is 414 g/mol. The van der Waals surface area contributed by atoms with Crippen molar-refractivity contribution in [2.24, 2.45) is 5.92 Å². The fourth-order valence-corrected chi connectivity index (χ4v) is 3.64. The maximum Gasteiger partial charge on any atom is 0.321 e. The first-order chi connectivity index (χ1) is 13.8. The maximum absolute atomic E-state index is 12.7. The van der Waals surface area contributed by atoms with Crippen LogP contribution in [0, 0.1) is 18.3 Å². The minimum Gasteiger partial charge on any atom is -0.336 e. The number of rotatable bonds is 3. The number of amides is 2. The Balaban J connectivity index is 1.64. The molecule has 1 atom stereocenters. The van der Waals surface area contributed by atoms with Crippen molar-refractivity contribution in [1.82, 2.24) is 9.80 Å². The van der Waals surface area contributed by atoms with Gasteiger partial charge in [-0.2, -0.15) is 0 Å². The van der Waals surface area contributed by atoms with Gasteiger partial charge >= 0.3 is 6.03 Å². The van der Waals surface area contributed by atoms with Crippen LogP contribution in [0.3, 0.4) is 0 Å². The SMILES string of the molecule is Cc1cccc(NC(=N)N2CCN(C(=O)Nc3ccc(Cl)cc3)CC2C(C)C)c1. The molecule has 0 spiro atoms. The van der Waals surface area contributed by atoms with E-state index >= 15 is 0 Å². The van der Waals surface area contributed by atoms with Crippen LogP contribution >= 0.6 is 11.6 Å². The molecule has 29 heavy (non-hydrogen) atoms. The summed E-state index contributed by atoms with van der Waals surface area (Å²) in [5, 5.41) is 15.3. The van der Waals surface area contributed by atoms with Crippen molar-refractivity contribution in [1.29, 1.82) is 5.41 Å². The number of aryl methyl sites for hydroxylation is 1. The highest BCUT2D eigenvalue weighted by Crippen LogP contribution is 2.20. The Morgan fingerprint density at radius 1 is 1.10 bits per heavy atom. The number of anilines is 2. The molecular weight excluding hydrogens is 386 g/mol. The second-order valence-electron chi connectivity index (χ2n) is 7.73. The van der Waals surface area contributed by atoms with E-state index in [0.29, 0.717) is 36.5 Å². The number of urea groups is 1. The van der Waals surface area contributed by atoms with Crippen LogP contribution in [0.1, 0.15) is 19.4 Å². The Bertz CT molecular complexity index is 868. The van der Waals surface area contributed by atoms with Gasteiger partial charge in [-0.15, -0.1) is 0 Å². The summed E-state index contributed by atoms with van der Waals surface area (Å²) in [6.45, 7) is 8.00. The monoisotopic (exact) mass is 413 g/mol. The molecule has 7 heteroatoms. The maximum atomic E-state index is 12.7. The molecular formula is C22H28ClN5O. The Labute approximate surface area is 177 Å². The molecule has 2 amide bonds. The number of guanidine groups is 1. The van der Waals surface area contributed by atoms with Gasteiger partial charge in [0, 0.05) is 36.0 Å². The summed E-state index contributed by atoms with van der Waals surface area (Å²) in [4.78, 5) is 16.6. The normalized spacial score (nSPS) is 16.7. The van der Waals surface area contributed by atoms with Gasteiger partial charge < -0.3 is 20.4 Å². The molecule has 2 aromatic rings. The predicted molar refractivity (Wildman–Crippen MR) is 120 cm³/mol. The summed E-state index contributed by atoms with van der Waals surface area (Å²) in [5.41, 5.74) is 2.77. The second kappa shape index (κ2) is 9.18. The summed E-state index contributed by atoms with van der Waals surface area (Å²) < 4.78 is 0. The molecule has 1 heterocycles. The Morgan fingerprint density at radius 2 is 1.83 bits per heavy atom. The molecule has 1 aliphatic heterocycles. The predicted octanol–water partition coefficient (Wildman–Crippen LogP) is 4.87. The summed E-state index contributed by atoms with van der Waals surface area (Å²) >= 11 is 5.91. The number of benzene rings is 2. The fraction of sp³-hybridized carbons (Fsp3) is 0.364. The molecule has 0 aromatic heterocycles. The van der Waals surface area contributed by atoms with Crippen LogP contribution in [-0.4, -0.2) is 47.5 Å². The summed E-state index contributed by atoms with van der Waals surface area (Å²) in [6, 6.07) is 15.0. The van der Waals surface area contributed by atoms with Crippen LogP contribution in [-0.2, 0) is 0 Å². The zero-order chi connectivity index (χ0) is 21.0. The van der Waals surface area contributed by atoms with Crippen molar-refractivity contribution >= 4 is 35.0 Å². The zero-order valence-corrected chi connectivity index (χ0v) is 17.8. The molecule has 154 valence electrons. The number of carbonyl (C=O) groups excluding carboxylic acids is 1. The minimum atomic E-state index is -0.129. The first kappa shape index (κ1) is 21.0.